The average Bonchev–Trinajstić information content (AvgIpc) is 2.85. The molecule has 1 N–H and O–H groups in total. The van der Waals surface area contributed by atoms with Gasteiger partial charge in [-0.05, 0) is 48.1 Å². The molecule has 0 aliphatic heterocycles. The summed E-state index contributed by atoms with van der Waals surface area (Å²) in [5.74, 6) is 0. The molecule has 0 atom stereocenters. The van der Waals surface area contributed by atoms with Gasteiger partial charge in [-0.2, -0.15) is 0 Å². The first kappa shape index (κ1) is 14.3. The molecule has 0 saturated heterocycles. The second-order valence-corrected chi connectivity index (χ2v) is 5.62. The van der Waals surface area contributed by atoms with E-state index in [4.69, 9.17) is 4.74 Å². The number of benzene rings is 2. The first-order chi connectivity index (χ1) is 10.4. The Bertz CT molecular complexity index is 548. The van der Waals surface area contributed by atoms with Crippen LogP contribution in [0.15, 0.2) is 48.5 Å². The summed E-state index contributed by atoms with van der Waals surface area (Å²) in [4.78, 5) is 0. The van der Waals surface area contributed by atoms with Gasteiger partial charge in [0.15, 0.2) is 0 Å². The zero-order valence-electron chi connectivity index (χ0n) is 12.6. The van der Waals surface area contributed by atoms with Gasteiger partial charge in [0.2, 0.25) is 0 Å². The number of nitrogens with one attached hydrogen (secondary N) is 1. The van der Waals surface area contributed by atoms with Crippen LogP contribution in [0.1, 0.15) is 36.4 Å². The second-order valence-electron chi connectivity index (χ2n) is 5.62. The minimum Gasteiger partial charge on any atom is -0.385 e. The van der Waals surface area contributed by atoms with E-state index in [-0.39, 0.29) is 0 Å². The lowest BCUT2D eigenvalue weighted by Gasteiger charge is -2.15. The van der Waals surface area contributed by atoms with E-state index in [9.17, 15) is 0 Å². The molecule has 0 amide bonds. The molecule has 2 nitrogen and oxygen atoms in total. The summed E-state index contributed by atoms with van der Waals surface area (Å²) >= 11 is 0. The summed E-state index contributed by atoms with van der Waals surface area (Å²) in [6.45, 7) is 1.92. The van der Waals surface area contributed by atoms with E-state index in [0.29, 0.717) is 6.04 Å². The molecule has 0 unspecified atom stereocenters. The molecule has 0 fully saturated rings. The summed E-state index contributed by atoms with van der Waals surface area (Å²) < 4.78 is 5.09. The Balaban J connectivity index is 1.68. The summed E-state index contributed by atoms with van der Waals surface area (Å²) in [7, 11) is 1.77. The Morgan fingerprint density at radius 1 is 0.857 bits per heavy atom. The largest absolute Gasteiger partial charge is 0.385 e. The SMILES string of the molecule is COCCCCCNC1c2ccccc2-c2ccccc21. The highest BCUT2D eigenvalue weighted by atomic mass is 16.5. The van der Waals surface area contributed by atoms with E-state index in [1.165, 1.54) is 35.1 Å². The molecule has 0 saturated carbocycles. The van der Waals surface area contributed by atoms with Crippen molar-refractivity contribution in [1.29, 1.82) is 0 Å². The highest BCUT2D eigenvalue weighted by Crippen LogP contribution is 2.42. The molecule has 3 rings (SSSR count). The Morgan fingerprint density at radius 3 is 2.10 bits per heavy atom. The summed E-state index contributed by atoms with van der Waals surface area (Å²) in [5, 5.41) is 3.73. The second kappa shape index (κ2) is 6.88. The van der Waals surface area contributed by atoms with Crippen molar-refractivity contribution in [2.45, 2.75) is 25.3 Å². The monoisotopic (exact) mass is 281 g/mol. The number of methoxy groups -OCH3 is 1. The van der Waals surface area contributed by atoms with Gasteiger partial charge >= 0.3 is 0 Å². The molecule has 110 valence electrons. The number of hydrogen-bond donors (Lipinski definition) is 1. The molecule has 0 spiro atoms. The van der Waals surface area contributed by atoms with Crippen LogP contribution in [0.5, 0.6) is 0 Å². The molecule has 0 radical (unpaired) electrons. The highest BCUT2D eigenvalue weighted by Gasteiger charge is 2.26. The first-order valence-corrected chi connectivity index (χ1v) is 7.82. The van der Waals surface area contributed by atoms with Crippen molar-refractivity contribution in [1.82, 2.24) is 5.32 Å². The molecule has 0 bridgehead atoms. The Hall–Kier alpha value is -1.64. The lowest BCUT2D eigenvalue weighted by molar-refractivity contribution is 0.192. The molecular formula is C19H23NO. The van der Waals surface area contributed by atoms with E-state index in [1.807, 2.05) is 0 Å². The first-order valence-electron chi connectivity index (χ1n) is 7.82. The fourth-order valence-electron chi connectivity index (χ4n) is 3.17. The maximum Gasteiger partial charge on any atom is 0.0588 e. The predicted molar refractivity (Wildman–Crippen MR) is 87.5 cm³/mol. The topological polar surface area (TPSA) is 21.3 Å². The van der Waals surface area contributed by atoms with Crippen LogP contribution in [-0.2, 0) is 4.74 Å². The highest BCUT2D eigenvalue weighted by molar-refractivity contribution is 5.78. The fraction of sp³-hybridized carbons (Fsp3) is 0.368. The van der Waals surface area contributed by atoms with Crippen molar-refractivity contribution < 1.29 is 4.74 Å². The zero-order chi connectivity index (χ0) is 14.5. The van der Waals surface area contributed by atoms with Gasteiger partial charge < -0.3 is 10.1 Å². The van der Waals surface area contributed by atoms with Gasteiger partial charge in [0.05, 0.1) is 6.04 Å². The molecule has 2 aromatic carbocycles. The van der Waals surface area contributed by atoms with Gasteiger partial charge in [-0.25, -0.2) is 0 Å². The maximum absolute atomic E-state index is 5.09. The van der Waals surface area contributed by atoms with Crippen LogP contribution in [0.25, 0.3) is 11.1 Å². The molecule has 2 heteroatoms. The van der Waals surface area contributed by atoms with Crippen molar-refractivity contribution in [3.05, 3.63) is 59.7 Å². The number of ether oxygens (including phenoxy) is 1. The van der Waals surface area contributed by atoms with Crippen molar-refractivity contribution in [2.75, 3.05) is 20.3 Å². The van der Waals surface area contributed by atoms with E-state index >= 15 is 0 Å². The number of unbranched alkanes of at least 4 members (excludes halogenated alkanes) is 2. The van der Waals surface area contributed by atoms with Gasteiger partial charge in [0, 0.05) is 13.7 Å². The van der Waals surface area contributed by atoms with Crippen LogP contribution in [0, 0.1) is 0 Å². The Labute approximate surface area is 127 Å². The van der Waals surface area contributed by atoms with Crippen LogP contribution in [-0.4, -0.2) is 20.3 Å². The third-order valence-corrected chi connectivity index (χ3v) is 4.21. The normalized spacial score (nSPS) is 13.2. The van der Waals surface area contributed by atoms with E-state index < -0.39 is 0 Å². The summed E-state index contributed by atoms with van der Waals surface area (Å²) in [5.41, 5.74) is 5.58. The van der Waals surface area contributed by atoms with Crippen molar-refractivity contribution >= 4 is 0 Å². The summed E-state index contributed by atoms with van der Waals surface area (Å²) in [6, 6.07) is 17.8. The van der Waals surface area contributed by atoms with Crippen LogP contribution in [0.3, 0.4) is 0 Å². The minimum absolute atomic E-state index is 0.347. The predicted octanol–water partition coefficient (Wildman–Crippen LogP) is 4.16. The standard InChI is InChI=1S/C19H23NO/c1-21-14-8-2-7-13-20-19-17-11-5-3-9-15(17)16-10-4-6-12-18(16)19/h3-6,9-12,19-20H,2,7-8,13-14H2,1H3. The number of fused-ring (bicyclic) bond motifs is 3. The smallest absolute Gasteiger partial charge is 0.0588 e. The van der Waals surface area contributed by atoms with Gasteiger partial charge in [0.25, 0.3) is 0 Å². The minimum atomic E-state index is 0.347. The third-order valence-electron chi connectivity index (χ3n) is 4.21. The lowest BCUT2D eigenvalue weighted by atomic mass is 10.1. The Kier molecular flexibility index (Phi) is 4.69. The molecule has 0 aromatic heterocycles. The van der Waals surface area contributed by atoms with E-state index in [1.54, 1.807) is 7.11 Å². The Morgan fingerprint density at radius 2 is 1.48 bits per heavy atom. The maximum atomic E-state index is 5.09. The lowest BCUT2D eigenvalue weighted by Crippen LogP contribution is -2.21. The number of hydrogen-bond acceptors (Lipinski definition) is 2. The van der Waals surface area contributed by atoms with Crippen LogP contribution in [0.4, 0.5) is 0 Å². The van der Waals surface area contributed by atoms with E-state index in [0.717, 1.165) is 19.6 Å². The van der Waals surface area contributed by atoms with Crippen LogP contribution in [0.2, 0.25) is 0 Å². The van der Waals surface area contributed by atoms with Crippen LogP contribution < -0.4 is 5.32 Å². The van der Waals surface area contributed by atoms with Gasteiger partial charge in [0.1, 0.15) is 0 Å². The van der Waals surface area contributed by atoms with Crippen molar-refractivity contribution in [3.63, 3.8) is 0 Å². The van der Waals surface area contributed by atoms with Gasteiger partial charge in [-0.3, -0.25) is 0 Å². The number of rotatable bonds is 7. The van der Waals surface area contributed by atoms with Gasteiger partial charge in [-0.15, -0.1) is 0 Å². The quantitative estimate of drug-likeness (QED) is 0.769. The van der Waals surface area contributed by atoms with Crippen molar-refractivity contribution in [2.24, 2.45) is 0 Å². The van der Waals surface area contributed by atoms with E-state index in [2.05, 4.69) is 53.8 Å². The zero-order valence-corrected chi connectivity index (χ0v) is 12.6. The molecule has 21 heavy (non-hydrogen) atoms. The molecule has 1 aliphatic carbocycles. The molecular weight excluding hydrogens is 258 g/mol. The fourth-order valence-corrected chi connectivity index (χ4v) is 3.17. The summed E-state index contributed by atoms with van der Waals surface area (Å²) in [6.07, 6.45) is 3.57. The van der Waals surface area contributed by atoms with Gasteiger partial charge in [-0.1, -0.05) is 48.5 Å². The third kappa shape index (κ3) is 3.02. The molecule has 0 heterocycles. The van der Waals surface area contributed by atoms with Crippen molar-refractivity contribution in [3.8, 4) is 11.1 Å². The molecule has 1 aliphatic rings. The average molecular weight is 281 g/mol. The molecule has 2 aromatic rings. The van der Waals surface area contributed by atoms with Crippen LogP contribution >= 0.6 is 0 Å².